The van der Waals surface area contributed by atoms with Crippen LogP contribution in [0.25, 0.3) is 22.4 Å². The minimum absolute atomic E-state index is 0.276. The summed E-state index contributed by atoms with van der Waals surface area (Å²) in [6.07, 6.45) is 2.74. The molecule has 24 heavy (non-hydrogen) atoms. The molecular formula is C18H19FN4O. The van der Waals surface area contributed by atoms with Gasteiger partial charge in [-0.05, 0) is 42.5 Å². The van der Waals surface area contributed by atoms with Gasteiger partial charge in [-0.2, -0.15) is 4.98 Å². The van der Waals surface area contributed by atoms with E-state index in [4.69, 9.17) is 4.52 Å². The molecule has 4 rings (SSSR count). The van der Waals surface area contributed by atoms with Gasteiger partial charge in [0, 0.05) is 18.7 Å². The van der Waals surface area contributed by atoms with Crippen molar-refractivity contribution in [3.05, 3.63) is 36.4 Å². The highest BCUT2D eigenvalue weighted by molar-refractivity contribution is 5.97. The van der Waals surface area contributed by atoms with Crippen LogP contribution in [-0.2, 0) is 0 Å². The van der Waals surface area contributed by atoms with Crippen molar-refractivity contribution >= 4 is 16.9 Å². The molecule has 0 radical (unpaired) electrons. The smallest absolute Gasteiger partial charge is 0.263 e. The Kier molecular flexibility index (Phi) is 3.67. The van der Waals surface area contributed by atoms with Gasteiger partial charge in [0.05, 0.1) is 0 Å². The van der Waals surface area contributed by atoms with Gasteiger partial charge in [0.25, 0.3) is 5.71 Å². The van der Waals surface area contributed by atoms with Crippen molar-refractivity contribution in [1.82, 2.24) is 15.1 Å². The maximum Gasteiger partial charge on any atom is 0.263 e. The molecule has 0 spiro atoms. The first-order valence-electron chi connectivity index (χ1n) is 8.23. The van der Waals surface area contributed by atoms with Gasteiger partial charge in [0.15, 0.2) is 0 Å². The number of aromatic nitrogens is 3. The van der Waals surface area contributed by atoms with Gasteiger partial charge in [0.2, 0.25) is 0 Å². The normalized spacial score (nSPS) is 21.4. The molecule has 1 aromatic carbocycles. The van der Waals surface area contributed by atoms with E-state index in [0.29, 0.717) is 23.2 Å². The van der Waals surface area contributed by atoms with Gasteiger partial charge in [-0.3, -0.25) is 0 Å². The zero-order chi connectivity index (χ0) is 16.7. The molecule has 1 aliphatic rings. The SMILES string of the molecule is C[C@@H]1C[C@H](C)CN(c2ncnc3onc(-c4ccc(F)cc4)c23)C1. The average Bonchev–Trinajstić information content (AvgIpc) is 2.99. The van der Waals surface area contributed by atoms with Crippen LogP contribution in [0, 0.1) is 17.7 Å². The molecule has 0 bridgehead atoms. The second-order valence-electron chi connectivity index (χ2n) is 6.77. The van der Waals surface area contributed by atoms with Crippen LogP contribution in [0.15, 0.2) is 35.1 Å². The summed E-state index contributed by atoms with van der Waals surface area (Å²) in [7, 11) is 0. The van der Waals surface area contributed by atoms with E-state index in [1.807, 2.05) is 0 Å². The highest BCUT2D eigenvalue weighted by Crippen LogP contribution is 2.35. The number of hydrogen-bond donors (Lipinski definition) is 0. The molecule has 6 heteroatoms. The Labute approximate surface area is 139 Å². The number of anilines is 1. The van der Waals surface area contributed by atoms with Gasteiger partial charge in [-0.15, -0.1) is 0 Å². The maximum atomic E-state index is 13.2. The lowest BCUT2D eigenvalue weighted by atomic mass is 9.92. The lowest BCUT2D eigenvalue weighted by Crippen LogP contribution is -2.39. The molecule has 3 aromatic rings. The first kappa shape index (κ1) is 15.1. The molecule has 1 fully saturated rings. The summed E-state index contributed by atoms with van der Waals surface area (Å²) in [6.45, 7) is 6.42. The van der Waals surface area contributed by atoms with Crippen molar-refractivity contribution in [2.75, 3.05) is 18.0 Å². The molecule has 2 atom stereocenters. The topological polar surface area (TPSA) is 55.1 Å². The van der Waals surface area contributed by atoms with E-state index in [2.05, 4.69) is 33.9 Å². The van der Waals surface area contributed by atoms with Gasteiger partial charge in [-0.1, -0.05) is 19.0 Å². The van der Waals surface area contributed by atoms with E-state index in [1.54, 1.807) is 12.1 Å². The van der Waals surface area contributed by atoms with Gasteiger partial charge < -0.3 is 9.42 Å². The van der Waals surface area contributed by atoms with Crippen LogP contribution in [0.5, 0.6) is 0 Å². The third kappa shape index (κ3) is 2.62. The Balaban J connectivity index is 1.84. The lowest BCUT2D eigenvalue weighted by molar-refractivity contribution is 0.356. The summed E-state index contributed by atoms with van der Waals surface area (Å²) in [5.41, 5.74) is 1.92. The fourth-order valence-corrected chi connectivity index (χ4v) is 3.65. The molecule has 1 aliphatic heterocycles. The minimum atomic E-state index is -0.276. The van der Waals surface area contributed by atoms with Gasteiger partial charge in [-0.25, -0.2) is 9.37 Å². The van der Waals surface area contributed by atoms with Crippen LogP contribution >= 0.6 is 0 Å². The first-order chi connectivity index (χ1) is 11.6. The average molecular weight is 326 g/mol. The van der Waals surface area contributed by atoms with E-state index in [0.717, 1.165) is 29.9 Å². The van der Waals surface area contributed by atoms with Crippen molar-refractivity contribution < 1.29 is 8.91 Å². The molecule has 124 valence electrons. The van der Waals surface area contributed by atoms with Crippen LogP contribution in [0.3, 0.4) is 0 Å². The zero-order valence-corrected chi connectivity index (χ0v) is 13.7. The number of piperidine rings is 1. The van der Waals surface area contributed by atoms with E-state index < -0.39 is 0 Å². The summed E-state index contributed by atoms with van der Waals surface area (Å²) in [5, 5.41) is 4.96. The Morgan fingerprint density at radius 2 is 1.79 bits per heavy atom. The Morgan fingerprint density at radius 3 is 2.50 bits per heavy atom. The molecule has 2 aromatic heterocycles. The fourth-order valence-electron chi connectivity index (χ4n) is 3.65. The zero-order valence-electron chi connectivity index (χ0n) is 13.7. The molecular weight excluding hydrogens is 307 g/mol. The standard InChI is InChI=1S/C18H19FN4O/c1-11-7-12(2)9-23(8-11)17-15-16(13-3-5-14(19)6-4-13)22-24-18(15)21-10-20-17/h3-6,10-12H,7-9H2,1-2H3/t11-,12+. The predicted molar refractivity (Wildman–Crippen MR) is 90.2 cm³/mol. The highest BCUT2D eigenvalue weighted by atomic mass is 19.1. The molecule has 0 N–H and O–H groups in total. The van der Waals surface area contributed by atoms with Crippen molar-refractivity contribution in [3.63, 3.8) is 0 Å². The number of rotatable bonds is 2. The first-order valence-corrected chi connectivity index (χ1v) is 8.23. The monoisotopic (exact) mass is 326 g/mol. The van der Waals surface area contributed by atoms with E-state index >= 15 is 0 Å². The largest absolute Gasteiger partial charge is 0.355 e. The van der Waals surface area contributed by atoms with Crippen LogP contribution in [0.2, 0.25) is 0 Å². The minimum Gasteiger partial charge on any atom is -0.355 e. The summed E-state index contributed by atoms with van der Waals surface area (Å²) in [5.74, 6) is 1.78. The molecule has 1 saturated heterocycles. The quantitative estimate of drug-likeness (QED) is 0.715. The third-order valence-electron chi connectivity index (χ3n) is 4.54. The number of fused-ring (bicyclic) bond motifs is 1. The number of nitrogens with zero attached hydrogens (tertiary/aromatic N) is 4. The predicted octanol–water partition coefficient (Wildman–Crippen LogP) is 3.91. The summed E-state index contributed by atoms with van der Waals surface area (Å²) in [4.78, 5) is 11.0. The van der Waals surface area contributed by atoms with Crippen LogP contribution in [0.4, 0.5) is 10.2 Å². The van der Waals surface area contributed by atoms with Crippen molar-refractivity contribution in [1.29, 1.82) is 0 Å². The second-order valence-corrected chi connectivity index (χ2v) is 6.77. The maximum absolute atomic E-state index is 13.2. The van der Waals surface area contributed by atoms with E-state index in [1.165, 1.54) is 24.9 Å². The van der Waals surface area contributed by atoms with Crippen molar-refractivity contribution in [3.8, 4) is 11.3 Å². The number of benzene rings is 1. The van der Waals surface area contributed by atoms with E-state index in [-0.39, 0.29) is 5.82 Å². The van der Waals surface area contributed by atoms with Crippen LogP contribution in [0.1, 0.15) is 20.3 Å². The van der Waals surface area contributed by atoms with Gasteiger partial charge >= 0.3 is 0 Å². The second kappa shape index (κ2) is 5.85. The van der Waals surface area contributed by atoms with Crippen molar-refractivity contribution in [2.45, 2.75) is 20.3 Å². The Bertz CT molecular complexity index is 851. The number of halogens is 1. The van der Waals surface area contributed by atoms with E-state index in [9.17, 15) is 4.39 Å². The number of hydrogen-bond acceptors (Lipinski definition) is 5. The molecule has 3 heterocycles. The molecule has 0 unspecified atom stereocenters. The molecule has 0 amide bonds. The summed E-state index contributed by atoms with van der Waals surface area (Å²) < 4.78 is 18.6. The van der Waals surface area contributed by atoms with Crippen molar-refractivity contribution in [2.24, 2.45) is 11.8 Å². The van der Waals surface area contributed by atoms with Crippen LogP contribution < -0.4 is 4.90 Å². The van der Waals surface area contributed by atoms with Gasteiger partial charge in [0.1, 0.15) is 29.0 Å². The fraction of sp³-hybridized carbons (Fsp3) is 0.389. The molecule has 0 aliphatic carbocycles. The Morgan fingerprint density at radius 1 is 1.08 bits per heavy atom. The summed E-state index contributed by atoms with van der Waals surface area (Å²) >= 11 is 0. The molecule has 5 nitrogen and oxygen atoms in total. The molecule has 0 saturated carbocycles. The lowest BCUT2D eigenvalue weighted by Gasteiger charge is -2.35. The Hall–Kier alpha value is -2.50. The third-order valence-corrected chi connectivity index (χ3v) is 4.54. The summed E-state index contributed by atoms with van der Waals surface area (Å²) in [6, 6.07) is 6.24. The highest BCUT2D eigenvalue weighted by Gasteiger charge is 2.27. The van der Waals surface area contributed by atoms with Crippen LogP contribution in [-0.4, -0.2) is 28.2 Å².